The summed E-state index contributed by atoms with van der Waals surface area (Å²) in [7, 11) is 6.85. The van der Waals surface area contributed by atoms with E-state index in [1.165, 1.54) is 4.90 Å². The number of ether oxygens (including phenoxy) is 2. The highest BCUT2D eigenvalue weighted by Gasteiger charge is 2.64. The maximum atomic E-state index is 14.3. The maximum Gasteiger partial charge on any atom is 0.255 e. The van der Waals surface area contributed by atoms with Crippen LogP contribution in [0.5, 0.6) is 11.5 Å². The number of hydrogen-bond acceptors (Lipinski definition) is 12. The number of anilines is 1. The molecule has 2 aromatic carbocycles. The van der Waals surface area contributed by atoms with Crippen molar-refractivity contribution < 1.29 is 43.6 Å². The van der Waals surface area contributed by atoms with Gasteiger partial charge in [0.1, 0.15) is 22.6 Å². The van der Waals surface area contributed by atoms with Gasteiger partial charge in [-0.1, -0.05) is 0 Å². The zero-order valence-electron chi connectivity index (χ0n) is 24.4. The molecular weight excluding hydrogens is 572 g/mol. The molecule has 13 heteroatoms. The molecule has 4 atom stereocenters. The Balaban J connectivity index is 1.44. The second kappa shape index (κ2) is 9.31. The van der Waals surface area contributed by atoms with Crippen LogP contribution in [0.1, 0.15) is 17.5 Å². The summed E-state index contributed by atoms with van der Waals surface area (Å²) in [6, 6.07) is 5.96. The topological polar surface area (TPSA) is 189 Å². The number of nitrogens with zero attached hydrogens (tertiary/aromatic N) is 3. The summed E-state index contributed by atoms with van der Waals surface area (Å²) < 4.78 is 17.1. The van der Waals surface area contributed by atoms with E-state index in [0.29, 0.717) is 28.1 Å². The SMILES string of the molecule is CN(C)c1cc2nc(-c3ccc4c(c3)OCO4)oc2c2c1C[C@H]1C[C@H]3[C@H](N(C)C)C(=O)C(C(N)=O)=C(O)[C@@]3(O)C(=O)C1=C2O. The van der Waals surface area contributed by atoms with Gasteiger partial charge in [0.25, 0.3) is 5.91 Å². The van der Waals surface area contributed by atoms with E-state index < -0.39 is 58.0 Å². The second-order valence-corrected chi connectivity index (χ2v) is 12.0. The number of ketones is 2. The van der Waals surface area contributed by atoms with Crippen LogP contribution in [0.15, 0.2) is 45.6 Å². The minimum absolute atomic E-state index is 0.0511. The quantitative estimate of drug-likeness (QED) is 0.318. The van der Waals surface area contributed by atoms with E-state index in [9.17, 15) is 29.7 Å². The first-order valence-corrected chi connectivity index (χ1v) is 14.0. The Labute approximate surface area is 250 Å². The summed E-state index contributed by atoms with van der Waals surface area (Å²) in [4.78, 5) is 47.9. The highest BCUT2D eigenvalue weighted by atomic mass is 16.7. The molecule has 4 aliphatic rings. The Hall–Kier alpha value is -4.88. The summed E-state index contributed by atoms with van der Waals surface area (Å²) in [6.45, 7) is 0.102. The number of carbonyl (C=O) groups excluding carboxylic acids is 3. The van der Waals surface area contributed by atoms with Crippen molar-refractivity contribution in [1.29, 1.82) is 0 Å². The standard InChI is InChI=1S/C31H30N4O9/c1-34(2)17-10-16-26(44-30(33-16)12-5-6-18-19(9-12)43-11-42-18)21-14(17)7-13-8-15-23(35(3)4)25(37)22(29(32)40)28(39)31(15,41)27(38)20(13)24(21)36/h5-6,9-10,13,15,23,36,39,41H,7-8,11H2,1-4H3,(H2,32,40)/t13-,15-,23-,31-/m0/s1. The van der Waals surface area contributed by atoms with Gasteiger partial charge >= 0.3 is 0 Å². The molecule has 228 valence electrons. The minimum atomic E-state index is -2.66. The lowest BCUT2D eigenvalue weighted by molar-refractivity contribution is -0.153. The summed E-state index contributed by atoms with van der Waals surface area (Å²) in [6.07, 6.45) is 0.313. The van der Waals surface area contributed by atoms with Crippen molar-refractivity contribution in [3.63, 3.8) is 0 Å². The van der Waals surface area contributed by atoms with E-state index in [4.69, 9.17) is 19.6 Å². The van der Waals surface area contributed by atoms with Gasteiger partial charge in [-0.15, -0.1) is 0 Å². The molecule has 1 amide bonds. The van der Waals surface area contributed by atoms with Crippen molar-refractivity contribution >= 4 is 40.0 Å². The first-order chi connectivity index (χ1) is 20.8. The molecule has 5 N–H and O–H groups in total. The second-order valence-electron chi connectivity index (χ2n) is 12.0. The lowest BCUT2D eigenvalue weighted by Crippen LogP contribution is -2.65. The summed E-state index contributed by atoms with van der Waals surface area (Å²) >= 11 is 0. The van der Waals surface area contributed by atoms with Crippen LogP contribution in [0.2, 0.25) is 0 Å². The Morgan fingerprint density at radius 2 is 1.82 bits per heavy atom. The van der Waals surface area contributed by atoms with Crippen molar-refractivity contribution in [3.05, 3.63) is 52.3 Å². The van der Waals surface area contributed by atoms with E-state index in [2.05, 4.69) is 4.98 Å². The number of rotatable bonds is 4. The zero-order valence-corrected chi connectivity index (χ0v) is 24.4. The molecule has 3 aromatic rings. The van der Waals surface area contributed by atoms with Gasteiger partial charge in [0.2, 0.25) is 18.5 Å². The normalized spacial score (nSPS) is 25.8. The molecule has 1 fully saturated rings. The number of primary amides is 1. The van der Waals surface area contributed by atoms with E-state index in [1.807, 2.05) is 25.1 Å². The number of aliphatic hydroxyl groups excluding tert-OH is 2. The van der Waals surface area contributed by atoms with E-state index in [1.54, 1.807) is 32.3 Å². The fourth-order valence-corrected chi connectivity index (χ4v) is 7.23. The van der Waals surface area contributed by atoms with Gasteiger partial charge in [0.15, 0.2) is 28.5 Å². The monoisotopic (exact) mass is 602 g/mol. The Kier molecular flexibility index (Phi) is 5.91. The molecule has 1 saturated carbocycles. The Bertz CT molecular complexity index is 1890. The van der Waals surface area contributed by atoms with Crippen molar-refractivity contribution in [2.24, 2.45) is 17.6 Å². The van der Waals surface area contributed by atoms with Crippen LogP contribution >= 0.6 is 0 Å². The Morgan fingerprint density at radius 1 is 1.09 bits per heavy atom. The van der Waals surface area contributed by atoms with Crippen LogP contribution in [-0.4, -0.2) is 89.3 Å². The van der Waals surface area contributed by atoms with Crippen molar-refractivity contribution in [3.8, 4) is 23.0 Å². The largest absolute Gasteiger partial charge is 0.508 e. The third kappa shape index (κ3) is 3.59. The van der Waals surface area contributed by atoms with Gasteiger partial charge < -0.3 is 39.8 Å². The van der Waals surface area contributed by atoms with Crippen molar-refractivity contribution in [2.75, 3.05) is 39.9 Å². The molecule has 2 heterocycles. The third-order valence-electron chi connectivity index (χ3n) is 9.18. The molecule has 0 radical (unpaired) electrons. The number of aliphatic hydroxyl groups is 3. The predicted molar refractivity (Wildman–Crippen MR) is 156 cm³/mol. The molecule has 3 aliphatic carbocycles. The predicted octanol–water partition coefficient (Wildman–Crippen LogP) is 1.86. The third-order valence-corrected chi connectivity index (χ3v) is 9.18. The summed E-state index contributed by atoms with van der Waals surface area (Å²) in [5.41, 5.74) is 4.73. The molecule has 0 unspecified atom stereocenters. The zero-order chi connectivity index (χ0) is 31.4. The number of benzene rings is 2. The fourth-order valence-electron chi connectivity index (χ4n) is 7.23. The molecular formula is C31H30N4O9. The van der Waals surface area contributed by atoms with Gasteiger partial charge in [0.05, 0.1) is 11.6 Å². The lowest BCUT2D eigenvalue weighted by Gasteiger charge is -2.50. The van der Waals surface area contributed by atoms with Crippen LogP contribution < -0.4 is 20.1 Å². The molecule has 0 spiro atoms. The maximum absolute atomic E-state index is 14.3. The van der Waals surface area contributed by atoms with Gasteiger partial charge in [-0.05, 0) is 62.7 Å². The van der Waals surface area contributed by atoms with Crippen LogP contribution in [0.4, 0.5) is 5.69 Å². The van der Waals surface area contributed by atoms with E-state index in [-0.39, 0.29) is 42.2 Å². The number of amides is 1. The molecule has 0 bridgehead atoms. The molecule has 1 aliphatic heterocycles. The number of likely N-dealkylation sites (N-methyl/N-ethyl adjacent to an activating group) is 1. The highest BCUT2D eigenvalue weighted by molar-refractivity contribution is 6.24. The van der Waals surface area contributed by atoms with Crippen LogP contribution in [-0.2, 0) is 20.8 Å². The summed E-state index contributed by atoms with van der Waals surface area (Å²) in [5, 5.41) is 34.9. The molecule has 0 saturated heterocycles. The molecule has 44 heavy (non-hydrogen) atoms. The fraction of sp³-hybridized carbons (Fsp3) is 0.355. The van der Waals surface area contributed by atoms with Crippen LogP contribution in [0.25, 0.3) is 28.3 Å². The average molecular weight is 603 g/mol. The number of nitrogens with two attached hydrogens (primary N) is 1. The van der Waals surface area contributed by atoms with Crippen molar-refractivity contribution in [1.82, 2.24) is 9.88 Å². The van der Waals surface area contributed by atoms with Gasteiger partial charge in [-0.2, -0.15) is 0 Å². The number of oxazole rings is 1. The minimum Gasteiger partial charge on any atom is -0.508 e. The smallest absolute Gasteiger partial charge is 0.255 e. The van der Waals surface area contributed by atoms with Gasteiger partial charge in [-0.3, -0.25) is 19.3 Å². The number of carbonyl (C=O) groups is 3. The first kappa shape index (κ1) is 27.9. The van der Waals surface area contributed by atoms with Crippen LogP contribution in [0.3, 0.4) is 0 Å². The molecule has 1 aromatic heterocycles. The number of Topliss-reactive ketones (excluding diaryl/α,β-unsaturated/α-hetero) is 2. The van der Waals surface area contributed by atoms with Gasteiger partial charge in [-0.25, -0.2) is 4.98 Å². The lowest BCUT2D eigenvalue weighted by atomic mass is 9.57. The van der Waals surface area contributed by atoms with Crippen LogP contribution in [0, 0.1) is 11.8 Å². The van der Waals surface area contributed by atoms with Crippen molar-refractivity contribution in [2.45, 2.75) is 24.5 Å². The first-order valence-electron chi connectivity index (χ1n) is 14.0. The van der Waals surface area contributed by atoms with E-state index in [0.717, 1.165) is 5.69 Å². The van der Waals surface area contributed by atoms with E-state index >= 15 is 0 Å². The average Bonchev–Trinajstić information content (AvgIpc) is 3.60. The van der Waals surface area contributed by atoms with Gasteiger partial charge in [0, 0.05) is 36.8 Å². The highest BCUT2D eigenvalue weighted by Crippen LogP contribution is 2.53. The number of fused-ring (bicyclic) bond motifs is 6. The summed E-state index contributed by atoms with van der Waals surface area (Å²) in [5.74, 6) is -4.92. The molecule has 7 rings (SSSR count). The molecule has 13 nitrogen and oxygen atoms in total. The Morgan fingerprint density at radius 3 is 2.50 bits per heavy atom. The number of hydrogen-bond donors (Lipinski definition) is 4. The number of aromatic nitrogens is 1.